The fraction of sp³-hybridized carbons (Fsp3) is 0.947. The summed E-state index contributed by atoms with van der Waals surface area (Å²) in [6.07, 6.45) is 8.21. The van der Waals surface area contributed by atoms with Crippen molar-refractivity contribution in [1.82, 2.24) is 10.2 Å². The van der Waals surface area contributed by atoms with E-state index in [0.29, 0.717) is 24.0 Å². The minimum atomic E-state index is -0.421. The maximum absolute atomic E-state index is 12.6. The Kier molecular flexibility index (Phi) is 5.70. The van der Waals surface area contributed by atoms with E-state index in [1.807, 2.05) is 25.7 Å². The molecular weight excluding hydrogens is 304 g/mol. The molecule has 24 heavy (non-hydrogen) atoms. The lowest BCUT2D eigenvalue weighted by molar-refractivity contribution is 0.0128. The number of nitrogens with one attached hydrogen (secondary N) is 1. The van der Waals surface area contributed by atoms with Crippen molar-refractivity contribution in [2.24, 2.45) is 5.92 Å². The predicted octanol–water partition coefficient (Wildman–Crippen LogP) is 3.32. The van der Waals surface area contributed by atoms with Crippen molar-refractivity contribution < 1.29 is 14.3 Å². The normalized spacial score (nSPS) is 34.5. The SMILES string of the molecule is CC(C)(C)OC(=O)N1CCCC1C1CCCCC1NC1CCOC1. The maximum Gasteiger partial charge on any atom is 0.410 e. The summed E-state index contributed by atoms with van der Waals surface area (Å²) in [6.45, 7) is 8.39. The molecule has 5 heteroatoms. The van der Waals surface area contributed by atoms with E-state index >= 15 is 0 Å². The molecule has 4 atom stereocenters. The molecule has 1 saturated carbocycles. The summed E-state index contributed by atoms with van der Waals surface area (Å²) >= 11 is 0. The van der Waals surface area contributed by atoms with Crippen LogP contribution in [0.2, 0.25) is 0 Å². The first-order valence-electron chi connectivity index (χ1n) is 9.77. The smallest absolute Gasteiger partial charge is 0.410 e. The van der Waals surface area contributed by atoms with Crippen LogP contribution in [0.3, 0.4) is 0 Å². The lowest BCUT2D eigenvalue weighted by Gasteiger charge is -2.41. The van der Waals surface area contributed by atoms with Gasteiger partial charge in [-0.3, -0.25) is 0 Å². The summed E-state index contributed by atoms with van der Waals surface area (Å²) in [5.41, 5.74) is -0.421. The standard InChI is InChI=1S/C19H34N2O3/c1-19(2,3)24-18(22)21-11-6-9-17(21)15-7-4-5-8-16(15)20-14-10-12-23-13-14/h14-17,20H,4-13H2,1-3H3. The third-order valence-corrected chi connectivity index (χ3v) is 5.62. The molecular formula is C19H34N2O3. The number of nitrogens with zero attached hydrogens (tertiary/aromatic N) is 1. The number of ether oxygens (including phenoxy) is 2. The third-order valence-electron chi connectivity index (χ3n) is 5.62. The van der Waals surface area contributed by atoms with E-state index < -0.39 is 5.60 Å². The topological polar surface area (TPSA) is 50.8 Å². The molecule has 0 aromatic rings. The summed E-state index contributed by atoms with van der Waals surface area (Å²) in [5.74, 6) is 0.550. The molecule has 2 aliphatic heterocycles. The second-order valence-corrected chi connectivity index (χ2v) is 8.67. The Balaban J connectivity index is 1.65. The molecule has 0 spiro atoms. The fourth-order valence-corrected chi connectivity index (χ4v) is 4.58. The van der Waals surface area contributed by atoms with Crippen molar-refractivity contribution in [2.45, 2.75) is 89.4 Å². The molecule has 1 aliphatic carbocycles. The lowest BCUT2D eigenvalue weighted by atomic mass is 9.78. The highest BCUT2D eigenvalue weighted by Crippen LogP contribution is 2.36. The highest BCUT2D eigenvalue weighted by atomic mass is 16.6. The molecule has 5 nitrogen and oxygen atoms in total. The third kappa shape index (κ3) is 4.42. The molecule has 2 saturated heterocycles. The summed E-state index contributed by atoms with van der Waals surface area (Å²) in [5, 5.41) is 3.85. The zero-order valence-corrected chi connectivity index (χ0v) is 15.6. The van der Waals surface area contributed by atoms with Crippen LogP contribution in [0.4, 0.5) is 4.79 Å². The Labute approximate surface area is 146 Å². The van der Waals surface area contributed by atoms with Gasteiger partial charge in [0.2, 0.25) is 0 Å². The largest absolute Gasteiger partial charge is 0.444 e. The van der Waals surface area contributed by atoms with Crippen molar-refractivity contribution in [3.8, 4) is 0 Å². The van der Waals surface area contributed by atoms with E-state index in [2.05, 4.69) is 5.32 Å². The number of carbonyl (C=O) groups excluding carboxylic acids is 1. The molecule has 3 aliphatic rings. The second-order valence-electron chi connectivity index (χ2n) is 8.67. The van der Waals surface area contributed by atoms with Gasteiger partial charge in [-0.05, 0) is 58.8 Å². The van der Waals surface area contributed by atoms with Crippen LogP contribution in [0.5, 0.6) is 0 Å². The van der Waals surface area contributed by atoms with Crippen LogP contribution in [-0.2, 0) is 9.47 Å². The first kappa shape index (κ1) is 18.0. The van der Waals surface area contributed by atoms with E-state index in [1.165, 1.54) is 25.7 Å². The van der Waals surface area contributed by atoms with E-state index in [1.54, 1.807) is 0 Å². The number of hydrogen-bond acceptors (Lipinski definition) is 4. The molecule has 3 fully saturated rings. The summed E-state index contributed by atoms with van der Waals surface area (Å²) < 4.78 is 11.2. The highest BCUT2D eigenvalue weighted by molar-refractivity contribution is 5.69. The molecule has 2 heterocycles. The molecule has 3 rings (SSSR count). The van der Waals surface area contributed by atoms with Gasteiger partial charge in [-0.25, -0.2) is 4.79 Å². The summed E-state index contributed by atoms with van der Waals surface area (Å²) in [7, 11) is 0. The van der Waals surface area contributed by atoms with Gasteiger partial charge in [0.1, 0.15) is 5.60 Å². The molecule has 0 aromatic heterocycles. The summed E-state index contributed by atoms with van der Waals surface area (Å²) in [4.78, 5) is 14.6. The summed E-state index contributed by atoms with van der Waals surface area (Å²) in [6, 6.07) is 1.34. The molecule has 0 radical (unpaired) electrons. The van der Waals surface area contributed by atoms with Crippen LogP contribution in [0.15, 0.2) is 0 Å². The van der Waals surface area contributed by atoms with Crippen LogP contribution in [0, 0.1) is 5.92 Å². The van der Waals surface area contributed by atoms with Crippen molar-refractivity contribution in [1.29, 1.82) is 0 Å². The number of carbonyl (C=O) groups is 1. The second kappa shape index (κ2) is 7.61. The van der Waals surface area contributed by atoms with Gasteiger partial charge in [-0.1, -0.05) is 12.8 Å². The Hall–Kier alpha value is -0.810. The first-order valence-corrected chi connectivity index (χ1v) is 9.77. The maximum atomic E-state index is 12.6. The van der Waals surface area contributed by atoms with E-state index in [-0.39, 0.29) is 6.09 Å². The quantitative estimate of drug-likeness (QED) is 0.858. The average Bonchev–Trinajstić information content (AvgIpc) is 3.17. The fourth-order valence-electron chi connectivity index (χ4n) is 4.58. The van der Waals surface area contributed by atoms with Gasteiger partial charge in [-0.15, -0.1) is 0 Å². The van der Waals surface area contributed by atoms with Crippen molar-refractivity contribution in [3.63, 3.8) is 0 Å². The van der Waals surface area contributed by atoms with Crippen molar-refractivity contribution in [3.05, 3.63) is 0 Å². The Morgan fingerprint density at radius 3 is 2.62 bits per heavy atom. The molecule has 0 bridgehead atoms. The number of hydrogen-bond donors (Lipinski definition) is 1. The van der Waals surface area contributed by atoms with Crippen LogP contribution < -0.4 is 5.32 Å². The predicted molar refractivity (Wildman–Crippen MR) is 94.1 cm³/mol. The van der Waals surface area contributed by atoms with Gasteiger partial charge in [-0.2, -0.15) is 0 Å². The van der Waals surface area contributed by atoms with Crippen LogP contribution in [0.1, 0.15) is 65.7 Å². The monoisotopic (exact) mass is 338 g/mol. The number of likely N-dealkylation sites (tertiary alicyclic amines) is 1. The van der Waals surface area contributed by atoms with Gasteiger partial charge in [0, 0.05) is 31.3 Å². The Morgan fingerprint density at radius 1 is 1.12 bits per heavy atom. The van der Waals surface area contributed by atoms with E-state index in [9.17, 15) is 4.79 Å². The minimum Gasteiger partial charge on any atom is -0.444 e. The zero-order chi connectivity index (χ0) is 17.2. The van der Waals surface area contributed by atoms with Gasteiger partial charge < -0.3 is 19.7 Å². The van der Waals surface area contributed by atoms with Gasteiger partial charge in [0.25, 0.3) is 0 Å². The molecule has 4 unspecified atom stereocenters. The molecule has 1 amide bonds. The van der Waals surface area contributed by atoms with Crippen molar-refractivity contribution >= 4 is 6.09 Å². The Bertz CT molecular complexity index is 429. The van der Waals surface area contributed by atoms with Crippen molar-refractivity contribution in [2.75, 3.05) is 19.8 Å². The number of rotatable bonds is 3. The highest BCUT2D eigenvalue weighted by Gasteiger charge is 2.41. The molecule has 0 aromatic carbocycles. The van der Waals surface area contributed by atoms with Crippen LogP contribution in [0.25, 0.3) is 0 Å². The first-order chi connectivity index (χ1) is 11.4. The van der Waals surface area contributed by atoms with E-state index in [4.69, 9.17) is 9.47 Å². The lowest BCUT2D eigenvalue weighted by Crippen LogP contribution is -2.52. The number of amides is 1. The van der Waals surface area contributed by atoms with Crippen LogP contribution >= 0.6 is 0 Å². The van der Waals surface area contributed by atoms with Gasteiger partial charge in [0.15, 0.2) is 0 Å². The van der Waals surface area contributed by atoms with Crippen LogP contribution in [-0.4, -0.2) is 54.5 Å². The van der Waals surface area contributed by atoms with E-state index in [0.717, 1.165) is 39.0 Å². The molecule has 138 valence electrons. The van der Waals surface area contributed by atoms with Gasteiger partial charge >= 0.3 is 6.09 Å². The minimum absolute atomic E-state index is 0.126. The van der Waals surface area contributed by atoms with Gasteiger partial charge in [0.05, 0.1) is 6.61 Å². The molecule has 1 N–H and O–H groups in total. The Morgan fingerprint density at radius 2 is 1.92 bits per heavy atom. The average molecular weight is 338 g/mol. The zero-order valence-electron chi connectivity index (χ0n) is 15.6.